The van der Waals surface area contributed by atoms with Crippen molar-refractivity contribution in [2.75, 3.05) is 13.2 Å². The van der Waals surface area contributed by atoms with E-state index in [-0.39, 0.29) is 36.1 Å². The van der Waals surface area contributed by atoms with Gasteiger partial charge in [-0.25, -0.2) is 4.68 Å². The Kier molecular flexibility index (Phi) is 4.29. The van der Waals surface area contributed by atoms with Crippen LogP contribution in [0, 0.1) is 5.92 Å². The summed E-state index contributed by atoms with van der Waals surface area (Å²) in [5.41, 5.74) is 0.749. The van der Waals surface area contributed by atoms with E-state index in [2.05, 4.69) is 15.6 Å². The third kappa shape index (κ3) is 3.42. The highest BCUT2D eigenvalue weighted by Gasteiger charge is 2.50. The first kappa shape index (κ1) is 16.7. The molecule has 4 atom stereocenters. The fraction of sp³-hybridized carbons (Fsp3) is 0.526. The number of nitrogens with one attached hydrogen (secondary N) is 1. The SMILES string of the molecule is O=C(NC1COC2C1OCC2n1cc(COc2ccccc2)nn1)C1CC1. The number of carbonyl (C=O) groups is 1. The maximum absolute atomic E-state index is 12.0. The Hall–Kier alpha value is -2.45. The number of hydrogen-bond donors (Lipinski definition) is 1. The molecule has 0 radical (unpaired) electrons. The third-order valence-corrected chi connectivity index (χ3v) is 5.33. The summed E-state index contributed by atoms with van der Waals surface area (Å²) in [5.74, 6) is 1.10. The molecule has 2 saturated heterocycles. The number of nitrogens with zero attached hydrogens (tertiary/aromatic N) is 3. The van der Waals surface area contributed by atoms with Crippen LogP contribution in [0.15, 0.2) is 36.5 Å². The van der Waals surface area contributed by atoms with E-state index in [0.717, 1.165) is 24.3 Å². The quantitative estimate of drug-likeness (QED) is 0.819. The second-order valence-corrected chi connectivity index (χ2v) is 7.34. The summed E-state index contributed by atoms with van der Waals surface area (Å²) < 4.78 is 19.4. The van der Waals surface area contributed by atoms with Gasteiger partial charge in [-0.05, 0) is 25.0 Å². The van der Waals surface area contributed by atoms with Gasteiger partial charge in [-0.15, -0.1) is 5.10 Å². The zero-order valence-electron chi connectivity index (χ0n) is 14.9. The van der Waals surface area contributed by atoms with E-state index < -0.39 is 0 Å². The molecule has 1 aromatic carbocycles. The molecule has 1 saturated carbocycles. The maximum Gasteiger partial charge on any atom is 0.223 e. The summed E-state index contributed by atoms with van der Waals surface area (Å²) in [7, 11) is 0. The van der Waals surface area contributed by atoms with Gasteiger partial charge in [0, 0.05) is 5.92 Å². The number of para-hydroxylation sites is 1. The van der Waals surface area contributed by atoms with Crippen molar-refractivity contribution < 1.29 is 19.0 Å². The maximum atomic E-state index is 12.0. The van der Waals surface area contributed by atoms with E-state index in [1.165, 1.54) is 0 Å². The number of amides is 1. The van der Waals surface area contributed by atoms with Crippen LogP contribution in [0.3, 0.4) is 0 Å². The minimum atomic E-state index is -0.133. The zero-order valence-corrected chi connectivity index (χ0v) is 14.9. The Labute approximate surface area is 156 Å². The Morgan fingerprint density at radius 3 is 2.81 bits per heavy atom. The number of benzene rings is 1. The number of aromatic nitrogens is 3. The van der Waals surface area contributed by atoms with Crippen molar-refractivity contribution in [2.45, 2.75) is 43.7 Å². The van der Waals surface area contributed by atoms with Crippen LogP contribution in [0.4, 0.5) is 0 Å². The van der Waals surface area contributed by atoms with Gasteiger partial charge in [-0.2, -0.15) is 0 Å². The molecule has 3 heterocycles. The molecule has 3 fully saturated rings. The van der Waals surface area contributed by atoms with Crippen molar-refractivity contribution in [3.05, 3.63) is 42.2 Å². The largest absolute Gasteiger partial charge is 0.487 e. The van der Waals surface area contributed by atoms with Gasteiger partial charge in [-0.3, -0.25) is 4.79 Å². The molecule has 142 valence electrons. The number of carbonyl (C=O) groups excluding carboxylic acids is 1. The van der Waals surface area contributed by atoms with Gasteiger partial charge < -0.3 is 19.5 Å². The van der Waals surface area contributed by atoms with Gasteiger partial charge in [0.15, 0.2) is 0 Å². The van der Waals surface area contributed by atoms with E-state index in [4.69, 9.17) is 14.2 Å². The van der Waals surface area contributed by atoms with E-state index in [1.807, 2.05) is 36.5 Å². The fourth-order valence-corrected chi connectivity index (χ4v) is 3.69. The topological polar surface area (TPSA) is 87.5 Å². The lowest BCUT2D eigenvalue weighted by molar-refractivity contribution is -0.123. The minimum Gasteiger partial charge on any atom is -0.487 e. The normalized spacial score (nSPS) is 29.5. The number of fused-ring (bicyclic) bond motifs is 1. The average Bonchev–Trinajstić information content (AvgIpc) is 3.11. The highest BCUT2D eigenvalue weighted by Crippen LogP contribution is 2.35. The highest BCUT2D eigenvalue weighted by molar-refractivity contribution is 5.81. The molecule has 0 spiro atoms. The molecule has 2 aromatic rings. The summed E-state index contributed by atoms with van der Waals surface area (Å²) in [6.45, 7) is 1.32. The van der Waals surface area contributed by atoms with E-state index in [1.54, 1.807) is 4.68 Å². The molecule has 0 bridgehead atoms. The van der Waals surface area contributed by atoms with Crippen molar-refractivity contribution in [1.82, 2.24) is 20.3 Å². The first-order chi connectivity index (χ1) is 13.3. The van der Waals surface area contributed by atoms with Gasteiger partial charge in [0.25, 0.3) is 0 Å². The predicted molar refractivity (Wildman–Crippen MR) is 94.0 cm³/mol. The molecule has 27 heavy (non-hydrogen) atoms. The van der Waals surface area contributed by atoms with Crippen LogP contribution >= 0.6 is 0 Å². The molecule has 1 aliphatic carbocycles. The fourth-order valence-electron chi connectivity index (χ4n) is 3.69. The van der Waals surface area contributed by atoms with E-state index in [0.29, 0.717) is 19.8 Å². The van der Waals surface area contributed by atoms with Crippen LogP contribution in [0.2, 0.25) is 0 Å². The Morgan fingerprint density at radius 1 is 1.19 bits per heavy atom. The standard InChI is InChI=1S/C19H22N4O4/c24-19(12-6-7-12)20-15-10-26-18-16(11-27-17(15)18)23-8-13(21-22-23)9-25-14-4-2-1-3-5-14/h1-5,8,12,15-18H,6-7,9-11H2,(H,20,24). The van der Waals surface area contributed by atoms with Crippen LogP contribution in [0.5, 0.6) is 5.75 Å². The van der Waals surface area contributed by atoms with Crippen LogP contribution in [-0.4, -0.2) is 52.4 Å². The molecular formula is C19H22N4O4. The second-order valence-electron chi connectivity index (χ2n) is 7.34. The van der Waals surface area contributed by atoms with E-state index >= 15 is 0 Å². The van der Waals surface area contributed by atoms with Gasteiger partial charge in [0.2, 0.25) is 5.91 Å². The van der Waals surface area contributed by atoms with Crippen LogP contribution < -0.4 is 10.1 Å². The molecule has 4 unspecified atom stereocenters. The number of hydrogen-bond acceptors (Lipinski definition) is 6. The zero-order chi connectivity index (χ0) is 18.2. The average molecular weight is 370 g/mol. The lowest BCUT2D eigenvalue weighted by Gasteiger charge is -2.17. The van der Waals surface area contributed by atoms with Crippen LogP contribution in [-0.2, 0) is 20.9 Å². The van der Waals surface area contributed by atoms with Gasteiger partial charge in [0.05, 0.1) is 25.5 Å². The Balaban J connectivity index is 1.20. The summed E-state index contributed by atoms with van der Waals surface area (Å²) in [6.07, 6.45) is 3.59. The molecule has 1 aromatic heterocycles. The lowest BCUT2D eigenvalue weighted by Crippen LogP contribution is -2.44. The van der Waals surface area contributed by atoms with Gasteiger partial charge in [-0.1, -0.05) is 23.4 Å². The van der Waals surface area contributed by atoms with Gasteiger partial charge in [0.1, 0.15) is 36.3 Å². The lowest BCUT2D eigenvalue weighted by atomic mass is 10.1. The Morgan fingerprint density at radius 2 is 2.00 bits per heavy atom. The molecule has 1 N–H and O–H groups in total. The molecule has 2 aliphatic heterocycles. The van der Waals surface area contributed by atoms with E-state index in [9.17, 15) is 4.79 Å². The Bertz CT molecular complexity index is 807. The smallest absolute Gasteiger partial charge is 0.223 e. The van der Waals surface area contributed by atoms with Gasteiger partial charge >= 0.3 is 0 Å². The molecular weight excluding hydrogens is 348 g/mol. The first-order valence-electron chi connectivity index (χ1n) is 9.40. The van der Waals surface area contributed by atoms with Crippen LogP contribution in [0.1, 0.15) is 24.6 Å². The second kappa shape index (κ2) is 6.94. The highest BCUT2D eigenvalue weighted by atomic mass is 16.6. The van der Waals surface area contributed by atoms with Crippen molar-refractivity contribution in [3.63, 3.8) is 0 Å². The van der Waals surface area contributed by atoms with Crippen molar-refractivity contribution in [2.24, 2.45) is 5.92 Å². The summed E-state index contributed by atoms with van der Waals surface area (Å²) >= 11 is 0. The summed E-state index contributed by atoms with van der Waals surface area (Å²) in [5, 5.41) is 11.5. The summed E-state index contributed by atoms with van der Waals surface area (Å²) in [6, 6.07) is 9.48. The first-order valence-corrected chi connectivity index (χ1v) is 9.40. The van der Waals surface area contributed by atoms with Crippen LogP contribution in [0.25, 0.3) is 0 Å². The monoisotopic (exact) mass is 370 g/mol. The molecule has 8 nitrogen and oxygen atoms in total. The molecule has 5 rings (SSSR count). The molecule has 3 aliphatic rings. The molecule has 1 amide bonds. The van der Waals surface area contributed by atoms with Crippen molar-refractivity contribution in [3.8, 4) is 5.75 Å². The predicted octanol–water partition coefficient (Wildman–Crippen LogP) is 1.09. The van der Waals surface area contributed by atoms with Crippen molar-refractivity contribution >= 4 is 5.91 Å². The summed E-state index contributed by atoms with van der Waals surface area (Å²) in [4.78, 5) is 12.0. The number of rotatable bonds is 6. The number of ether oxygens (including phenoxy) is 3. The minimum absolute atomic E-state index is 0.0456. The third-order valence-electron chi connectivity index (χ3n) is 5.33. The molecule has 8 heteroatoms. The van der Waals surface area contributed by atoms with Crippen molar-refractivity contribution in [1.29, 1.82) is 0 Å².